The number of aryl methyl sites for hydroxylation is 1. The van der Waals surface area contributed by atoms with E-state index in [1.165, 1.54) is 0 Å². The van der Waals surface area contributed by atoms with Crippen LogP contribution in [0, 0.1) is 5.92 Å². The van der Waals surface area contributed by atoms with Gasteiger partial charge in [0.05, 0.1) is 5.60 Å². The van der Waals surface area contributed by atoms with Crippen molar-refractivity contribution in [1.29, 1.82) is 0 Å². The van der Waals surface area contributed by atoms with E-state index in [0.29, 0.717) is 5.69 Å². The van der Waals surface area contributed by atoms with Crippen LogP contribution in [0.15, 0.2) is 24.3 Å². The van der Waals surface area contributed by atoms with E-state index < -0.39 is 17.4 Å². The van der Waals surface area contributed by atoms with Gasteiger partial charge < -0.3 is 15.7 Å². The van der Waals surface area contributed by atoms with Crippen molar-refractivity contribution in [3.05, 3.63) is 29.8 Å². The van der Waals surface area contributed by atoms with E-state index in [-0.39, 0.29) is 12.5 Å². The molecule has 0 radical (unpaired) electrons. The minimum Gasteiger partial charge on any atom is -0.388 e. The summed E-state index contributed by atoms with van der Waals surface area (Å²) in [4.78, 5) is 23.6. The van der Waals surface area contributed by atoms with Gasteiger partial charge in [-0.15, -0.1) is 0 Å². The fourth-order valence-electron chi connectivity index (χ4n) is 1.97. The summed E-state index contributed by atoms with van der Waals surface area (Å²) in [6, 6.07) is 7.33. The molecule has 22 heavy (non-hydrogen) atoms. The van der Waals surface area contributed by atoms with E-state index in [9.17, 15) is 14.7 Å². The van der Waals surface area contributed by atoms with E-state index in [1.54, 1.807) is 19.1 Å². The van der Waals surface area contributed by atoms with Gasteiger partial charge in [0.25, 0.3) is 0 Å². The monoisotopic (exact) mass is 306 g/mol. The van der Waals surface area contributed by atoms with Crippen molar-refractivity contribution in [2.24, 2.45) is 5.92 Å². The maximum absolute atomic E-state index is 11.8. The van der Waals surface area contributed by atoms with Crippen LogP contribution in [0.4, 0.5) is 5.69 Å². The molecule has 0 spiro atoms. The first-order valence-corrected chi connectivity index (χ1v) is 7.70. The molecule has 0 bridgehead atoms. The highest BCUT2D eigenvalue weighted by Crippen LogP contribution is 2.18. The summed E-state index contributed by atoms with van der Waals surface area (Å²) in [5.41, 5.74) is 0.700. The number of aliphatic hydroxyl groups is 1. The van der Waals surface area contributed by atoms with Gasteiger partial charge in [-0.25, -0.2) is 0 Å². The molecule has 1 aromatic carbocycles. The standard InChI is InChI=1S/C17H26N2O3/c1-5-12(3)17(4,22)11-18-15(20)16(21)19-14-9-7-13(6-2)8-10-14/h7-10,12,22H,5-6,11H2,1-4H3,(H,18,20)(H,19,21)/t12-,17+/m1/s1. The highest BCUT2D eigenvalue weighted by atomic mass is 16.3. The zero-order chi connectivity index (χ0) is 16.8. The van der Waals surface area contributed by atoms with Gasteiger partial charge in [0, 0.05) is 12.2 Å². The van der Waals surface area contributed by atoms with Crippen molar-refractivity contribution < 1.29 is 14.7 Å². The number of anilines is 1. The topological polar surface area (TPSA) is 78.4 Å². The highest BCUT2D eigenvalue weighted by Gasteiger charge is 2.28. The zero-order valence-electron chi connectivity index (χ0n) is 13.8. The Hall–Kier alpha value is -1.88. The van der Waals surface area contributed by atoms with Crippen LogP contribution < -0.4 is 10.6 Å². The van der Waals surface area contributed by atoms with E-state index in [2.05, 4.69) is 10.6 Å². The maximum atomic E-state index is 11.8. The second-order valence-electron chi connectivity index (χ2n) is 5.85. The van der Waals surface area contributed by atoms with E-state index >= 15 is 0 Å². The fourth-order valence-corrected chi connectivity index (χ4v) is 1.97. The average Bonchev–Trinajstić information content (AvgIpc) is 2.52. The largest absolute Gasteiger partial charge is 0.388 e. The third-order valence-electron chi connectivity index (χ3n) is 4.11. The van der Waals surface area contributed by atoms with Gasteiger partial charge in [-0.05, 0) is 37.0 Å². The number of rotatable bonds is 6. The third-order valence-corrected chi connectivity index (χ3v) is 4.11. The predicted molar refractivity (Wildman–Crippen MR) is 87.5 cm³/mol. The molecule has 3 N–H and O–H groups in total. The Morgan fingerprint density at radius 3 is 2.27 bits per heavy atom. The number of carbonyl (C=O) groups excluding carboxylic acids is 2. The minimum atomic E-state index is -1.03. The van der Waals surface area contributed by atoms with Gasteiger partial charge in [0.15, 0.2) is 0 Å². The zero-order valence-corrected chi connectivity index (χ0v) is 13.8. The lowest BCUT2D eigenvalue weighted by atomic mass is 9.89. The van der Waals surface area contributed by atoms with Crippen molar-refractivity contribution in [2.75, 3.05) is 11.9 Å². The Morgan fingerprint density at radius 2 is 1.77 bits per heavy atom. The van der Waals surface area contributed by atoms with E-state index in [1.807, 2.05) is 32.9 Å². The first-order chi connectivity index (χ1) is 10.3. The van der Waals surface area contributed by atoms with Gasteiger partial charge in [-0.3, -0.25) is 9.59 Å². The molecule has 1 rings (SSSR count). The molecular weight excluding hydrogens is 280 g/mol. The molecule has 122 valence electrons. The lowest BCUT2D eigenvalue weighted by molar-refractivity contribution is -0.137. The van der Waals surface area contributed by atoms with E-state index in [0.717, 1.165) is 18.4 Å². The number of carbonyl (C=O) groups is 2. The van der Waals surface area contributed by atoms with Gasteiger partial charge in [-0.2, -0.15) is 0 Å². The molecule has 1 aromatic rings. The normalized spacial score (nSPS) is 14.8. The molecule has 0 aliphatic rings. The summed E-state index contributed by atoms with van der Waals surface area (Å²) in [6.45, 7) is 7.62. The molecule has 0 aliphatic carbocycles. The maximum Gasteiger partial charge on any atom is 0.313 e. The Labute approximate surface area is 132 Å². The second-order valence-corrected chi connectivity index (χ2v) is 5.85. The highest BCUT2D eigenvalue weighted by molar-refractivity contribution is 6.39. The Balaban J connectivity index is 2.53. The lowest BCUT2D eigenvalue weighted by Gasteiger charge is -2.29. The summed E-state index contributed by atoms with van der Waals surface area (Å²) in [5.74, 6) is -1.45. The van der Waals surface area contributed by atoms with Crippen molar-refractivity contribution in [3.63, 3.8) is 0 Å². The molecule has 0 aromatic heterocycles. The van der Waals surface area contributed by atoms with Gasteiger partial charge in [0.2, 0.25) is 0 Å². The van der Waals surface area contributed by atoms with Crippen LogP contribution in [0.1, 0.15) is 39.7 Å². The van der Waals surface area contributed by atoms with Crippen LogP contribution in [0.2, 0.25) is 0 Å². The van der Waals surface area contributed by atoms with Crippen molar-refractivity contribution in [1.82, 2.24) is 5.32 Å². The van der Waals surface area contributed by atoms with Crippen LogP contribution >= 0.6 is 0 Å². The molecule has 0 fully saturated rings. The number of hydrogen-bond acceptors (Lipinski definition) is 3. The summed E-state index contributed by atoms with van der Waals surface area (Å²) in [5, 5.41) is 15.2. The lowest BCUT2D eigenvalue weighted by Crippen LogP contribution is -2.47. The first kappa shape index (κ1) is 18.2. The predicted octanol–water partition coefficient (Wildman–Crippen LogP) is 2.10. The SMILES string of the molecule is CCc1ccc(NC(=O)C(=O)NC[C@](C)(O)[C@H](C)CC)cc1. The molecular formula is C17H26N2O3. The molecule has 0 aliphatic heterocycles. The number of hydrogen-bond donors (Lipinski definition) is 3. The molecule has 2 amide bonds. The molecule has 5 nitrogen and oxygen atoms in total. The molecule has 0 unspecified atom stereocenters. The van der Waals surface area contributed by atoms with Crippen LogP contribution in [0.3, 0.4) is 0 Å². The number of nitrogens with one attached hydrogen (secondary N) is 2. The summed E-state index contributed by atoms with van der Waals surface area (Å²) < 4.78 is 0. The van der Waals surface area contributed by atoms with Crippen LogP contribution in [-0.2, 0) is 16.0 Å². The van der Waals surface area contributed by atoms with Crippen molar-refractivity contribution >= 4 is 17.5 Å². The van der Waals surface area contributed by atoms with Gasteiger partial charge in [-0.1, -0.05) is 39.3 Å². The molecule has 5 heteroatoms. The molecule has 0 saturated carbocycles. The molecule has 2 atom stereocenters. The summed E-state index contributed by atoms with van der Waals surface area (Å²) in [7, 11) is 0. The third kappa shape index (κ3) is 5.15. The van der Waals surface area contributed by atoms with Crippen LogP contribution in [-0.4, -0.2) is 29.1 Å². The van der Waals surface area contributed by atoms with E-state index in [4.69, 9.17) is 0 Å². The number of amides is 2. The van der Waals surface area contributed by atoms with Crippen molar-refractivity contribution in [2.45, 2.75) is 46.1 Å². The van der Waals surface area contributed by atoms with Crippen molar-refractivity contribution in [3.8, 4) is 0 Å². The fraction of sp³-hybridized carbons (Fsp3) is 0.529. The molecule has 0 heterocycles. The van der Waals surface area contributed by atoms with Crippen LogP contribution in [0.5, 0.6) is 0 Å². The van der Waals surface area contributed by atoms with Crippen LogP contribution in [0.25, 0.3) is 0 Å². The summed E-state index contributed by atoms with van der Waals surface area (Å²) in [6.07, 6.45) is 1.71. The minimum absolute atomic E-state index is 0.0254. The first-order valence-electron chi connectivity index (χ1n) is 7.70. The molecule has 0 saturated heterocycles. The second kappa shape index (κ2) is 7.94. The Kier molecular flexibility index (Phi) is 6.56. The Bertz CT molecular complexity index is 509. The number of benzene rings is 1. The van der Waals surface area contributed by atoms with Gasteiger partial charge >= 0.3 is 11.8 Å². The summed E-state index contributed by atoms with van der Waals surface area (Å²) >= 11 is 0. The smallest absolute Gasteiger partial charge is 0.313 e. The quantitative estimate of drug-likeness (QED) is 0.704. The Morgan fingerprint density at radius 1 is 1.18 bits per heavy atom. The average molecular weight is 306 g/mol. The van der Waals surface area contributed by atoms with Gasteiger partial charge in [0.1, 0.15) is 0 Å².